The molecule has 1 atom stereocenters. The Hall–Kier alpha value is -0.0400. The minimum Gasteiger partial charge on any atom is -0.287 e. The molecule has 2 rings (SSSR count). The molecule has 0 aromatic carbocycles. The van der Waals surface area contributed by atoms with E-state index in [0.717, 1.165) is 22.3 Å². The lowest BCUT2D eigenvalue weighted by molar-refractivity contribution is -0.731. The van der Waals surface area contributed by atoms with E-state index in [1.165, 1.54) is 10.6 Å². The predicted octanol–water partition coefficient (Wildman–Crippen LogP) is 1.90. The van der Waals surface area contributed by atoms with E-state index >= 15 is 0 Å². The molecule has 0 aliphatic carbocycles. The number of alkyl halides is 1. The third-order valence-corrected chi connectivity index (χ3v) is 5.04. The Kier molecular flexibility index (Phi) is 3.39. The first-order valence-corrected chi connectivity index (χ1v) is 7.59. The van der Waals surface area contributed by atoms with Crippen LogP contribution in [-0.4, -0.2) is 15.2 Å². The Morgan fingerprint density at radius 3 is 3.00 bits per heavy atom. The van der Waals surface area contributed by atoms with Gasteiger partial charge in [-0.15, -0.1) is 0 Å². The van der Waals surface area contributed by atoms with E-state index in [-0.39, 0.29) is 0 Å². The van der Waals surface area contributed by atoms with Gasteiger partial charge in [0.1, 0.15) is 16.8 Å². The van der Waals surface area contributed by atoms with Crippen LogP contribution in [0.25, 0.3) is 0 Å². The average molecular weight is 336 g/mol. The highest BCUT2D eigenvalue weighted by Crippen LogP contribution is 2.32. The van der Waals surface area contributed by atoms with E-state index in [1.807, 2.05) is 18.7 Å². The molecule has 1 aliphatic heterocycles. The number of nitrogens with two attached hydrogens (primary N) is 1. The SMILES string of the molecule is CCc1c(C)nc(N)[n+]2c1SCC2CI. The molecule has 2 N–H and O–H groups in total. The molecule has 0 fully saturated rings. The summed E-state index contributed by atoms with van der Waals surface area (Å²) in [6.07, 6.45) is 1.04. The van der Waals surface area contributed by atoms with Crippen molar-refractivity contribution in [3.63, 3.8) is 0 Å². The third kappa shape index (κ3) is 1.84. The molecule has 1 aromatic rings. The summed E-state index contributed by atoms with van der Waals surface area (Å²) in [4.78, 5) is 4.44. The minimum absolute atomic E-state index is 0.518. The third-order valence-electron chi connectivity index (χ3n) is 2.75. The minimum atomic E-state index is 0.518. The summed E-state index contributed by atoms with van der Waals surface area (Å²) in [6.45, 7) is 4.23. The van der Waals surface area contributed by atoms with E-state index in [2.05, 4.69) is 39.1 Å². The number of hydrogen-bond donors (Lipinski definition) is 1. The van der Waals surface area contributed by atoms with Crippen molar-refractivity contribution in [1.29, 1.82) is 0 Å². The summed E-state index contributed by atoms with van der Waals surface area (Å²) in [5, 5.41) is 1.34. The number of thioether (sulfide) groups is 1. The molecule has 1 aromatic heterocycles. The number of rotatable bonds is 2. The van der Waals surface area contributed by atoms with E-state index in [0.29, 0.717) is 12.0 Å². The normalized spacial score (nSPS) is 19.3. The summed E-state index contributed by atoms with van der Waals surface area (Å²) in [6, 6.07) is 0.518. The molecule has 2 heterocycles. The van der Waals surface area contributed by atoms with Crippen LogP contribution in [-0.2, 0) is 6.42 Å². The van der Waals surface area contributed by atoms with Gasteiger partial charge in [0.25, 0.3) is 0 Å². The number of hydrogen-bond acceptors (Lipinski definition) is 3. The number of nitrogen functional groups attached to an aromatic ring is 1. The molecule has 0 saturated heterocycles. The van der Waals surface area contributed by atoms with Gasteiger partial charge in [0.15, 0.2) is 0 Å². The number of anilines is 1. The molecule has 0 spiro atoms. The van der Waals surface area contributed by atoms with Gasteiger partial charge < -0.3 is 0 Å². The zero-order chi connectivity index (χ0) is 11.0. The highest BCUT2D eigenvalue weighted by Gasteiger charge is 2.32. The van der Waals surface area contributed by atoms with Crippen molar-refractivity contribution in [3.8, 4) is 0 Å². The fourth-order valence-corrected chi connectivity index (χ4v) is 4.57. The average Bonchev–Trinajstić information content (AvgIpc) is 2.62. The van der Waals surface area contributed by atoms with Gasteiger partial charge in [-0.1, -0.05) is 46.3 Å². The summed E-state index contributed by atoms with van der Waals surface area (Å²) < 4.78 is 3.31. The maximum atomic E-state index is 6.00. The maximum absolute atomic E-state index is 6.00. The second kappa shape index (κ2) is 4.45. The Labute approximate surface area is 108 Å². The topological polar surface area (TPSA) is 42.8 Å². The van der Waals surface area contributed by atoms with Crippen molar-refractivity contribution in [2.75, 3.05) is 15.9 Å². The largest absolute Gasteiger partial charge is 0.390 e. The van der Waals surface area contributed by atoms with Crippen LogP contribution < -0.4 is 10.3 Å². The second-order valence-corrected chi connectivity index (χ2v) is 5.57. The van der Waals surface area contributed by atoms with Crippen molar-refractivity contribution >= 4 is 40.3 Å². The van der Waals surface area contributed by atoms with Crippen LogP contribution in [0.2, 0.25) is 0 Å². The first-order chi connectivity index (χ1) is 7.19. The Bertz CT molecular complexity index is 395. The molecule has 0 bridgehead atoms. The van der Waals surface area contributed by atoms with Crippen molar-refractivity contribution < 1.29 is 4.57 Å². The Morgan fingerprint density at radius 2 is 2.40 bits per heavy atom. The lowest BCUT2D eigenvalue weighted by Gasteiger charge is -2.10. The molecule has 3 nitrogen and oxygen atoms in total. The van der Waals surface area contributed by atoms with Crippen LogP contribution in [0, 0.1) is 6.92 Å². The lowest BCUT2D eigenvalue weighted by Crippen LogP contribution is -2.44. The lowest BCUT2D eigenvalue weighted by atomic mass is 10.2. The van der Waals surface area contributed by atoms with E-state index in [4.69, 9.17) is 5.73 Å². The zero-order valence-electron chi connectivity index (χ0n) is 8.96. The molecule has 1 unspecified atom stereocenters. The van der Waals surface area contributed by atoms with E-state index in [1.54, 1.807) is 0 Å². The number of fused-ring (bicyclic) bond motifs is 1. The van der Waals surface area contributed by atoms with Crippen molar-refractivity contribution in [2.24, 2.45) is 0 Å². The second-order valence-electron chi connectivity index (χ2n) is 3.68. The molecule has 1 aliphatic rings. The van der Waals surface area contributed by atoms with Crippen LogP contribution in [0.4, 0.5) is 5.95 Å². The van der Waals surface area contributed by atoms with Gasteiger partial charge in [0.2, 0.25) is 0 Å². The fraction of sp³-hybridized carbons (Fsp3) is 0.600. The van der Waals surface area contributed by atoms with Crippen LogP contribution in [0.3, 0.4) is 0 Å². The van der Waals surface area contributed by atoms with Gasteiger partial charge in [0, 0.05) is 15.7 Å². The summed E-state index contributed by atoms with van der Waals surface area (Å²) in [5.74, 6) is 1.80. The van der Waals surface area contributed by atoms with Crippen LogP contribution in [0.5, 0.6) is 0 Å². The Morgan fingerprint density at radius 1 is 1.67 bits per heavy atom. The number of halogens is 1. The molecule has 0 radical (unpaired) electrons. The molecular weight excluding hydrogens is 321 g/mol. The highest BCUT2D eigenvalue weighted by atomic mass is 127. The van der Waals surface area contributed by atoms with Gasteiger partial charge in [0.05, 0.1) is 0 Å². The van der Waals surface area contributed by atoms with Gasteiger partial charge in [-0.2, -0.15) is 0 Å². The summed E-state index contributed by atoms with van der Waals surface area (Å²) >= 11 is 4.34. The van der Waals surface area contributed by atoms with Crippen molar-refractivity contribution in [3.05, 3.63) is 11.3 Å². The molecular formula is C10H15IN3S+. The molecule has 0 saturated carbocycles. The van der Waals surface area contributed by atoms with Crippen molar-refractivity contribution in [1.82, 2.24) is 4.98 Å². The summed E-state index contributed by atoms with van der Waals surface area (Å²) in [7, 11) is 0. The fourth-order valence-electron chi connectivity index (χ4n) is 1.98. The number of aromatic nitrogens is 2. The maximum Gasteiger partial charge on any atom is 0.390 e. The molecule has 15 heavy (non-hydrogen) atoms. The first kappa shape index (κ1) is 11.4. The number of aryl methyl sites for hydroxylation is 1. The van der Waals surface area contributed by atoms with Gasteiger partial charge >= 0.3 is 5.95 Å². The van der Waals surface area contributed by atoms with Gasteiger partial charge in [-0.05, 0) is 13.3 Å². The predicted molar refractivity (Wildman–Crippen MR) is 71.6 cm³/mol. The monoisotopic (exact) mass is 336 g/mol. The highest BCUT2D eigenvalue weighted by molar-refractivity contribution is 14.1. The Balaban J connectivity index is 2.60. The van der Waals surface area contributed by atoms with E-state index < -0.39 is 0 Å². The van der Waals surface area contributed by atoms with Crippen LogP contribution >= 0.6 is 34.4 Å². The zero-order valence-corrected chi connectivity index (χ0v) is 11.9. The molecule has 82 valence electrons. The molecule has 0 amide bonds. The smallest absolute Gasteiger partial charge is 0.287 e. The van der Waals surface area contributed by atoms with Crippen LogP contribution in [0.1, 0.15) is 24.2 Å². The van der Waals surface area contributed by atoms with Crippen molar-refractivity contribution in [2.45, 2.75) is 31.3 Å². The van der Waals surface area contributed by atoms with Crippen LogP contribution in [0.15, 0.2) is 5.03 Å². The van der Waals surface area contributed by atoms with E-state index in [9.17, 15) is 0 Å². The van der Waals surface area contributed by atoms with Gasteiger partial charge in [-0.25, -0.2) is 4.57 Å². The number of nitrogens with zero attached hydrogens (tertiary/aromatic N) is 2. The standard InChI is InChI=1S/C10H14IN3S/c1-3-8-6(2)13-10(12)14-7(4-11)5-15-9(8)14/h7,12H,3-5H2,1-2H3/p+1. The first-order valence-electron chi connectivity index (χ1n) is 5.08. The quantitative estimate of drug-likeness (QED) is 0.388. The molecule has 5 heteroatoms. The van der Waals surface area contributed by atoms with Gasteiger partial charge in [-0.3, -0.25) is 5.73 Å². The summed E-state index contributed by atoms with van der Waals surface area (Å²) in [5.41, 5.74) is 8.45.